The van der Waals surface area contributed by atoms with Gasteiger partial charge in [0.2, 0.25) is 11.1 Å². The van der Waals surface area contributed by atoms with Gasteiger partial charge < -0.3 is 20.1 Å². The van der Waals surface area contributed by atoms with Crippen molar-refractivity contribution >= 4 is 45.2 Å². The van der Waals surface area contributed by atoms with Crippen LogP contribution in [0.4, 0.5) is 11.6 Å². The highest BCUT2D eigenvalue weighted by Crippen LogP contribution is 2.43. The number of aryl methyl sites for hydroxylation is 1. The zero-order valence-electron chi connectivity index (χ0n) is 27.5. The molecule has 5 rings (SSSR count). The molecule has 0 fully saturated rings. The molecule has 0 bridgehead atoms. The van der Waals surface area contributed by atoms with Crippen LogP contribution in [0.25, 0.3) is 0 Å². The fourth-order valence-electron chi connectivity index (χ4n) is 5.32. The van der Waals surface area contributed by atoms with E-state index in [4.69, 9.17) is 19.6 Å². The summed E-state index contributed by atoms with van der Waals surface area (Å²) < 4.78 is 14.7. The van der Waals surface area contributed by atoms with Gasteiger partial charge in [0.15, 0.2) is 11.5 Å². The number of halogens is 1. The Labute approximate surface area is 284 Å². The number of nitrogens with zero attached hydrogens (tertiary/aromatic N) is 3. The minimum atomic E-state index is -0.571. The van der Waals surface area contributed by atoms with Crippen molar-refractivity contribution in [1.29, 1.82) is 0 Å². The lowest BCUT2D eigenvalue weighted by Crippen LogP contribution is -2.31. The van der Waals surface area contributed by atoms with E-state index in [1.807, 2.05) is 50.2 Å². The summed E-state index contributed by atoms with van der Waals surface area (Å²) >= 11 is 5.37. The summed E-state index contributed by atoms with van der Waals surface area (Å²) in [5, 5.41) is 12.0. The van der Waals surface area contributed by atoms with Crippen LogP contribution in [0.3, 0.4) is 0 Å². The lowest BCUT2D eigenvalue weighted by molar-refractivity contribution is -0.113. The number of fused-ring (bicyclic) bond motifs is 1. The number of aromatic nitrogens is 3. The Morgan fingerprint density at radius 3 is 2.54 bits per heavy atom. The highest BCUT2D eigenvalue weighted by Gasteiger charge is 2.35. The van der Waals surface area contributed by atoms with E-state index < -0.39 is 6.04 Å². The van der Waals surface area contributed by atoms with Crippen molar-refractivity contribution in [2.24, 2.45) is 0 Å². The Hall–Kier alpha value is -3.76. The van der Waals surface area contributed by atoms with E-state index in [1.165, 1.54) is 5.56 Å². The molecule has 4 aromatic rings. The standard InChI is InChI=1S/C36H42BrN5O3S/c1-8-9-17-46-35-40-34-38-23(3)30(33(43)39-27-12-10-11-22(2)18-27)31(42(34)41-35)25-19-28(37)32(29(20-25)44-7)45-21-24-13-15-26(16-14-24)36(4,5)6/h10-16,18-20,31H,8-9,17,21H2,1-7H3,(H,39,43)(H,38,40,41). The molecule has 10 heteroatoms. The Balaban J connectivity index is 1.50. The average Bonchev–Trinajstić information content (AvgIpc) is 3.41. The summed E-state index contributed by atoms with van der Waals surface area (Å²) in [5.74, 6) is 2.41. The zero-order valence-corrected chi connectivity index (χ0v) is 29.9. The quantitative estimate of drug-likeness (QED) is 0.119. The van der Waals surface area contributed by atoms with E-state index in [9.17, 15) is 4.79 Å². The Kier molecular flexibility index (Phi) is 10.5. The van der Waals surface area contributed by atoms with E-state index >= 15 is 0 Å². The number of methoxy groups -OCH3 is 1. The molecule has 0 saturated heterocycles. The van der Waals surface area contributed by atoms with Gasteiger partial charge in [0.05, 0.1) is 17.2 Å². The number of thioether (sulfide) groups is 1. The Morgan fingerprint density at radius 1 is 1.11 bits per heavy atom. The normalized spacial score (nSPS) is 14.5. The largest absolute Gasteiger partial charge is 0.493 e. The number of ether oxygens (including phenoxy) is 2. The van der Waals surface area contributed by atoms with E-state index in [-0.39, 0.29) is 11.3 Å². The zero-order chi connectivity index (χ0) is 33.0. The van der Waals surface area contributed by atoms with Crippen molar-refractivity contribution in [3.63, 3.8) is 0 Å². The SMILES string of the molecule is CCCCSc1nc2n(n1)C(c1cc(Br)c(OCc3ccc(C(C)(C)C)cc3)c(OC)c1)C(C(=O)Nc1cccc(C)c1)=C(C)N2. The second-order valence-electron chi connectivity index (χ2n) is 12.5. The van der Waals surface area contributed by atoms with Crippen LogP contribution in [0.15, 0.2) is 81.6 Å². The summed E-state index contributed by atoms with van der Waals surface area (Å²) in [6.07, 6.45) is 2.16. The van der Waals surface area contributed by atoms with Crippen LogP contribution in [0.2, 0.25) is 0 Å². The fraction of sp³-hybridized carbons (Fsp3) is 0.361. The molecule has 1 aliphatic heterocycles. The smallest absolute Gasteiger partial charge is 0.255 e. The van der Waals surface area contributed by atoms with Gasteiger partial charge >= 0.3 is 0 Å². The van der Waals surface area contributed by atoms with Gasteiger partial charge in [0.1, 0.15) is 12.6 Å². The number of allylic oxidation sites excluding steroid dienone is 1. The number of amides is 1. The van der Waals surface area contributed by atoms with Crippen LogP contribution in [0.1, 0.15) is 75.8 Å². The van der Waals surface area contributed by atoms with Crippen molar-refractivity contribution < 1.29 is 14.3 Å². The maximum Gasteiger partial charge on any atom is 0.255 e. The first-order chi connectivity index (χ1) is 22.0. The van der Waals surface area contributed by atoms with Crippen LogP contribution in [0.5, 0.6) is 11.5 Å². The van der Waals surface area contributed by atoms with Gasteiger partial charge in [-0.25, -0.2) is 4.68 Å². The lowest BCUT2D eigenvalue weighted by atomic mass is 9.87. The summed E-state index contributed by atoms with van der Waals surface area (Å²) in [6.45, 7) is 13.0. The van der Waals surface area contributed by atoms with Crippen molar-refractivity contribution in [3.05, 3.63) is 98.7 Å². The number of hydrogen-bond donors (Lipinski definition) is 2. The molecule has 2 N–H and O–H groups in total. The summed E-state index contributed by atoms with van der Waals surface area (Å²) in [6, 6.07) is 19.6. The van der Waals surface area contributed by atoms with E-state index in [2.05, 4.69) is 78.5 Å². The summed E-state index contributed by atoms with van der Waals surface area (Å²) in [7, 11) is 1.62. The maximum atomic E-state index is 14.0. The molecule has 1 unspecified atom stereocenters. The second kappa shape index (κ2) is 14.3. The molecule has 2 heterocycles. The number of hydrogen-bond acceptors (Lipinski definition) is 7. The molecule has 0 aliphatic carbocycles. The molecule has 1 atom stereocenters. The maximum absolute atomic E-state index is 14.0. The lowest BCUT2D eigenvalue weighted by Gasteiger charge is -2.29. The number of rotatable bonds is 11. The number of carbonyl (C=O) groups is 1. The first kappa shape index (κ1) is 33.6. The number of unbranched alkanes of at least 4 members (excludes halogenated alkanes) is 1. The minimum absolute atomic E-state index is 0.0810. The van der Waals surface area contributed by atoms with Crippen molar-refractivity contribution in [2.45, 2.75) is 77.6 Å². The van der Waals surface area contributed by atoms with Gasteiger partial charge in [-0.15, -0.1) is 5.10 Å². The molecule has 0 spiro atoms. The molecule has 3 aromatic carbocycles. The van der Waals surface area contributed by atoms with Crippen molar-refractivity contribution in [3.8, 4) is 11.5 Å². The van der Waals surface area contributed by atoms with Crippen molar-refractivity contribution in [2.75, 3.05) is 23.5 Å². The van der Waals surface area contributed by atoms with E-state index in [0.29, 0.717) is 45.0 Å². The van der Waals surface area contributed by atoms with Gasteiger partial charge in [-0.05, 0) is 88.1 Å². The van der Waals surface area contributed by atoms with Gasteiger partial charge in [0, 0.05) is 17.1 Å². The number of nitrogens with one attached hydrogen (secondary N) is 2. The predicted octanol–water partition coefficient (Wildman–Crippen LogP) is 9.05. The average molecular weight is 705 g/mol. The molecule has 1 aliphatic rings. The Bertz CT molecular complexity index is 1740. The first-order valence-corrected chi connectivity index (χ1v) is 17.3. The third kappa shape index (κ3) is 7.61. The third-order valence-electron chi connectivity index (χ3n) is 7.85. The molecular formula is C36H42BrN5O3S. The van der Waals surface area contributed by atoms with Gasteiger partial charge in [-0.1, -0.05) is 82.3 Å². The highest BCUT2D eigenvalue weighted by molar-refractivity contribution is 9.10. The topological polar surface area (TPSA) is 90.3 Å². The minimum Gasteiger partial charge on any atom is -0.493 e. The predicted molar refractivity (Wildman–Crippen MR) is 190 cm³/mol. The molecular weight excluding hydrogens is 662 g/mol. The molecule has 1 amide bonds. The molecule has 0 radical (unpaired) electrons. The van der Waals surface area contributed by atoms with Crippen LogP contribution in [-0.2, 0) is 16.8 Å². The highest BCUT2D eigenvalue weighted by atomic mass is 79.9. The molecule has 0 saturated carbocycles. The number of carbonyl (C=O) groups excluding carboxylic acids is 1. The molecule has 242 valence electrons. The summed E-state index contributed by atoms with van der Waals surface area (Å²) in [5.41, 5.74) is 6.23. The van der Waals surface area contributed by atoms with Gasteiger partial charge in [0.25, 0.3) is 5.91 Å². The van der Waals surface area contributed by atoms with Crippen molar-refractivity contribution in [1.82, 2.24) is 14.8 Å². The van der Waals surface area contributed by atoms with Crippen LogP contribution in [0, 0.1) is 6.92 Å². The van der Waals surface area contributed by atoms with Crippen LogP contribution in [-0.4, -0.2) is 33.5 Å². The number of benzene rings is 3. The molecule has 8 nitrogen and oxygen atoms in total. The van der Waals surface area contributed by atoms with E-state index in [1.54, 1.807) is 23.6 Å². The fourth-order valence-corrected chi connectivity index (χ4v) is 6.80. The second-order valence-corrected chi connectivity index (χ2v) is 14.4. The molecule has 1 aromatic heterocycles. The van der Waals surface area contributed by atoms with Crippen LogP contribution < -0.4 is 20.1 Å². The molecule has 46 heavy (non-hydrogen) atoms. The van der Waals surface area contributed by atoms with Crippen LogP contribution >= 0.6 is 27.7 Å². The first-order valence-electron chi connectivity index (χ1n) is 15.5. The monoisotopic (exact) mass is 703 g/mol. The number of anilines is 2. The Morgan fingerprint density at radius 2 is 1.87 bits per heavy atom. The van der Waals surface area contributed by atoms with E-state index in [0.717, 1.165) is 41.0 Å². The third-order valence-corrected chi connectivity index (χ3v) is 9.37. The summed E-state index contributed by atoms with van der Waals surface area (Å²) in [4.78, 5) is 18.8. The van der Waals surface area contributed by atoms with Gasteiger partial charge in [-0.2, -0.15) is 4.98 Å². The van der Waals surface area contributed by atoms with Gasteiger partial charge in [-0.3, -0.25) is 4.79 Å².